The van der Waals surface area contributed by atoms with Crippen molar-refractivity contribution < 1.29 is 38.3 Å². The molecule has 0 aliphatic heterocycles. The van der Waals surface area contributed by atoms with Gasteiger partial charge in [0.15, 0.2) is 0 Å². The number of aliphatic hydroxyl groups is 1. The van der Waals surface area contributed by atoms with Crippen molar-refractivity contribution in [3.8, 4) is 86.4 Å². The van der Waals surface area contributed by atoms with Crippen molar-refractivity contribution in [2.45, 2.75) is 0 Å². The summed E-state index contributed by atoms with van der Waals surface area (Å²) in [6, 6.07) is 0. The second-order valence-corrected chi connectivity index (χ2v) is 8.04. The van der Waals surface area contributed by atoms with Gasteiger partial charge in [-0.15, -0.1) is 45.0 Å². The predicted molar refractivity (Wildman–Crippen MR) is 150 cm³/mol. The largest absolute Gasteiger partial charge is 0.396 e. The molecule has 210 valence electrons. The molecule has 0 amide bonds. The highest BCUT2D eigenvalue weighted by Crippen LogP contribution is 2.21. The van der Waals surface area contributed by atoms with Gasteiger partial charge in [-0.25, -0.2) is 0 Å². The second-order valence-electron chi connectivity index (χ2n) is 8.04. The van der Waals surface area contributed by atoms with E-state index in [0.717, 1.165) is 0 Å². The molecule has 0 saturated carbocycles. The zero-order valence-electron chi connectivity index (χ0n) is 22.5. The molecule has 8 nitrogen and oxygen atoms in total. The summed E-state index contributed by atoms with van der Waals surface area (Å²) >= 11 is 0. The Balaban J connectivity index is 0. The van der Waals surface area contributed by atoms with E-state index < -0.39 is 10.8 Å². The maximum atomic E-state index is 9.48. The zero-order chi connectivity index (χ0) is 29.5. The molecule has 0 atom stereocenters. The lowest BCUT2D eigenvalue weighted by Gasteiger charge is -2.32. The fourth-order valence-electron chi connectivity index (χ4n) is 2.80. The van der Waals surface area contributed by atoms with Crippen molar-refractivity contribution in [3.05, 3.63) is 0 Å². The van der Waals surface area contributed by atoms with Crippen molar-refractivity contribution in [1.29, 1.82) is 0 Å². The lowest BCUT2D eigenvalue weighted by atomic mass is 9.92. The van der Waals surface area contributed by atoms with Crippen molar-refractivity contribution in [2.75, 3.05) is 99.1 Å². The summed E-state index contributed by atoms with van der Waals surface area (Å²) in [5.74, 6) is 16.6. The maximum absolute atomic E-state index is 9.48. The van der Waals surface area contributed by atoms with E-state index in [1.54, 1.807) is 0 Å². The van der Waals surface area contributed by atoms with E-state index in [0.29, 0.717) is 0 Å². The van der Waals surface area contributed by atoms with Crippen LogP contribution in [0.1, 0.15) is 0 Å². The van der Waals surface area contributed by atoms with Crippen LogP contribution in [0.25, 0.3) is 0 Å². The highest BCUT2D eigenvalue weighted by atomic mass is 16.5. The van der Waals surface area contributed by atoms with Gasteiger partial charge in [-0.05, 0) is 0 Å². The molecule has 0 bridgehead atoms. The van der Waals surface area contributed by atoms with Crippen molar-refractivity contribution >= 4 is 0 Å². The molecule has 0 heterocycles. The smallest absolute Gasteiger partial charge is 0.107 e. The Morgan fingerprint density at radius 1 is 0.359 bits per heavy atom. The summed E-state index contributed by atoms with van der Waals surface area (Å²) in [5, 5.41) is 9.48. The van der Waals surface area contributed by atoms with Crippen LogP contribution in [0.2, 0.25) is 0 Å². The Hall–Kier alpha value is -3.40. The van der Waals surface area contributed by atoms with E-state index in [4.69, 9.17) is 78.1 Å². The van der Waals surface area contributed by atoms with E-state index in [1.165, 1.54) is 0 Å². The summed E-state index contributed by atoms with van der Waals surface area (Å²) in [6.07, 6.45) is 36.0. The third kappa shape index (κ3) is 21.2. The lowest BCUT2D eigenvalue weighted by Crippen LogP contribution is -2.42. The Morgan fingerprint density at radius 2 is 0.538 bits per heavy atom. The van der Waals surface area contributed by atoms with Gasteiger partial charge in [0.05, 0.1) is 63.7 Å². The minimum Gasteiger partial charge on any atom is -0.396 e. The number of hydrogen-bond acceptors (Lipinski definition) is 8. The molecule has 0 aliphatic rings. The zero-order valence-corrected chi connectivity index (χ0v) is 22.5. The van der Waals surface area contributed by atoms with Gasteiger partial charge in [-0.2, -0.15) is 0 Å². The average Bonchev–Trinajstić information content (AvgIpc) is 2.94. The molecule has 0 fully saturated rings. The Labute approximate surface area is 234 Å². The Bertz CT molecular complexity index is 772. The van der Waals surface area contributed by atoms with E-state index in [2.05, 4.69) is 41.4 Å². The normalized spacial score (nSPS) is 10.2. The topological polar surface area (TPSA) is 84.8 Å². The summed E-state index contributed by atoms with van der Waals surface area (Å²) in [6.45, 7) is 2.82. The van der Waals surface area contributed by atoms with Crippen LogP contribution < -0.4 is 0 Å². The molecule has 0 aromatic carbocycles. The van der Waals surface area contributed by atoms with Crippen LogP contribution in [0.15, 0.2) is 0 Å². The van der Waals surface area contributed by atoms with Crippen molar-refractivity contribution in [2.24, 2.45) is 10.8 Å². The first kappa shape index (κ1) is 37.8. The summed E-state index contributed by atoms with van der Waals surface area (Å²) in [5.41, 5.74) is -1.27. The van der Waals surface area contributed by atoms with Gasteiger partial charge >= 0.3 is 0 Å². The molecular formula is C31H38O8. The molecule has 39 heavy (non-hydrogen) atoms. The van der Waals surface area contributed by atoms with Gasteiger partial charge in [-0.1, -0.05) is 41.4 Å². The van der Waals surface area contributed by atoms with Crippen LogP contribution in [0.3, 0.4) is 0 Å². The van der Waals surface area contributed by atoms with Crippen LogP contribution in [0.5, 0.6) is 0 Å². The Morgan fingerprint density at radius 3 is 0.692 bits per heavy atom. The Kier molecular flexibility index (Phi) is 26.7. The number of terminal acetylenes is 7. The van der Waals surface area contributed by atoms with E-state index in [1.807, 2.05) is 0 Å². The summed E-state index contributed by atoms with van der Waals surface area (Å²) in [4.78, 5) is 0. The molecule has 0 spiro atoms. The summed E-state index contributed by atoms with van der Waals surface area (Å²) < 4.78 is 37.4. The molecule has 8 heteroatoms. The van der Waals surface area contributed by atoms with Crippen LogP contribution >= 0.6 is 0 Å². The molecule has 0 aliphatic carbocycles. The molecule has 0 saturated heterocycles. The van der Waals surface area contributed by atoms with Gasteiger partial charge in [-0.3, -0.25) is 0 Å². The molecule has 0 aromatic heterocycles. The van der Waals surface area contributed by atoms with E-state index >= 15 is 0 Å². The molecule has 0 rings (SSSR count). The molecular weight excluding hydrogens is 500 g/mol. The average molecular weight is 539 g/mol. The quantitative estimate of drug-likeness (QED) is 0.158. The van der Waals surface area contributed by atoms with Gasteiger partial charge in [0.2, 0.25) is 0 Å². The molecule has 0 aromatic rings. The number of hydrogen-bond donors (Lipinski definition) is 1. The second kappa shape index (κ2) is 27.6. The molecule has 0 unspecified atom stereocenters. The first-order valence-corrected chi connectivity index (χ1v) is 11.7. The third-order valence-corrected chi connectivity index (χ3v) is 4.49. The highest BCUT2D eigenvalue weighted by Gasteiger charge is 2.33. The number of aliphatic hydroxyl groups excluding tert-OH is 1. The lowest BCUT2D eigenvalue weighted by molar-refractivity contribution is -0.0920. The summed E-state index contributed by atoms with van der Waals surface area (Å²) in [7, 11) is 0. The fourth-order valence-corrected chi connectivity index (χ4v) is 2.80. The molecule has 1 N–H and O–H groups in total. The molecule has 0 radical (unpaired) electrons. The van der Waals surface area contributed by atoms with Gasteiger partial charge in [0, 0.05) is 0 Å². The van der Waals surface area contributed by atoms with Gasteiger partial charge < -0.3 is 38.3 Å². The van der Waals surface area contributed by atoms with Crippen LogP contribution in [-0.4, -0.2) is 104 Å². The van der Waals surface area contributed by atoms with Crippen LogP contribution in [0, 0.1) is 97.2 Å². The van der Waals surface area contributed by atoms with Gasteiger partial charge in [0.1, 0.15) is 46.2 Å². The van der Waals surface area contributed by atoms with E-state index in [9.17, 15) is 5.11 Å². The van der Waals surface area contributed by atoms with Gasteiger partial charge in [0.25, 0.3) is 0 Å². The van der Waals surface area contributed by atoms with Crippen LogP contribution in [0.4, 0.5) is 0 Å². The van der Waals surface area contributed by atoms with Crippen molar-refractivity contribution in [3.63, 3.8) is 0 Å². The fraction of sp³-hybridized carbons (Fsp3) is 0.548. The minimum atomic E-state index is -0.704. The first-order chi connectivity index (χ1) is 19.0. The number of rotatable bonds is 22. The predicted octanol–water partition coefficient (Wildman–Crippen LogP) is 0.487. The maximum Gasteiger partial charge on any atom is 0.107 e. The third-order valence-electron chi connectivity index (χ3n) is 4.49. The van der Waals surface area contributed by atoms with Crippen molar-refractivity contribution in [1.82, 2.24) is 0 Å². The first-order valence-electron chi connectivity index (χ1n) is 11.7. The number of ether oxygens (including phenoxy) is 7. The van der Waals surface area contributed by atoms with E-state index in [-0.39, 0.29) is 99.1 Å². The minimum absolute atomic E-state index is 0.159. The van der Waals surface area contributed by atoms with Crippen LogP contribution in [-0.2, 0) is 33.2 Å². The highest BCUT2D eigenvalue weighted by molar-refractivity contribution is 4.90. The monoisotopic (exact) mass is 538 g/mol. The SMILES string of the molecule is C#CCOCC(CO)(COCC#C)COCC#C.C#CCOCC(COCC#C)(COCC#C)COCC#C. The standard InChI is InChI=1S/C17H20O4.C14H18O4/c1-5-9-18-13-17(14-19-10-6-2,15-20-11-7-3)16-21-12-8-4;1-4-7-16-11-14(10-15,12-17-8-5-2)13-18-9-6-3/h1-4H,9-16H2;1-3,15H,7-13H2.